The number of benzene rings is 1. The minimum atomic E-state index is -0.698. The van der Waals surface area contributed by atoms with E-state index in [9.17, 15) is 4.79 Å². The van der Waals surface area contributed by atoms with E-state index in [0.29, 0.717) is 0 Å². The molecule has 1 heterocycles. The molecule has 0 atom stereocenters. The second kappa shape index (κ2) is 6.22. The Morgan fingerprint density at radius 2 is 1.85 bits per heavy atom. The number of nitriles is 1. The van der Waals surface area contributed by atoms with Gasteiger partial charge in [-0.15, -0.1) is 0 Å². The number of piperazine rings is 1. The lowest BCUT2D eigenvalue weighted by Crippen LogP contribution is -2.44. The Labute approximate surface area is 118 Å². The highest BCUT2D eigenvalue weighted by Crippen LogP contribution is 2.18. The summed E-state index contributed by atoms with van der Waals surface area (Å²) in [4.78, 5) is 15.6. The first kappa shape index (κ1) is 14.1. The van der Waals surface area contributed by atoms with E-state index in [1.165, 1.54) is 6.08 Å². The van der Waals surface area contributed by atoms with Crippen molar-refractivity contribution in [2.24, 2.45) is 5.73 Å². The number of hydrogen-bond donors (Lipinski definition) is 1. The fourth-order valence-electron chi connectivity index (χ4n) is 2.17. The molecule has 0 radical (unpaired) electrons. The predicted octanol–water partition coefficient (Wildman–Crippen LogP) is 0.831. The third-order valence-electron chi connectivity index (χ3n) is 3.46. The standard InChI is InChI=1S/C15H18N4O/c1-18-6-8-19(9-7-18)14-4-2-12(3-5-14)10-13(11-16)15(17)20/h2-5,10H,6-9H2,1H3,(H2,17,20)/b13-10+. The monoisotopic (exact) mass is 270 g/mol. The van der Waals surface area contributed by atoms with E-state index < -0.39 is 5.91 Å². The number of rotatable bonds is 3. The van der Waals surface area contributed by atoms with Crippen molar-refractivity contribution in [2.75, 3.05) is 38.1 Å². The number of amides is 1. The summed E-state index contributed by atoms with van der Waals surface area (Å²) in [6, 6.07) is 9.61. The molecule has 1 aliphatic rings. The maximum atomic E-state index is 11.0. The third-order valence-corrected chi connectivity index (χ3v) is 3.46. The maximum Gasteiger partial charge on any atom is 0.259 e. The first-order chi connectivity index (χ1) is 9.60. The first-order valence-corrected chi connectivity index (χ1v) is 6.55. The molecule has 5 nitrogen and oxygen atoms in total. The Morgan fingerprint density at radius 1 is 1.25 bits per heavy atom. The van der Waals surface area contributed by atoms with Crippen LogP contribution in [-0.2, 0) is 4.79 Å². The van der Waals surface area contributed by atoms with Gasteiger partial charge in [0.2, 0.25) is 0 Å². The van der Waals surface area contributed by atoms with Crippen LogP contribution in [0.5, 0.6) is 0 Å². The average molecular weight is 270 g/mol. The van der Waals surface area contributed by atoms with Gasteiger partial charge in [0, 0.05) is 31.9 Å². The lowest BCUT2D eigenvalue weighted by molar-refractivity contribution is -0.114. The molecule has 1 saturated heterocycles. The van der Waals surface area contributed by atoms with Crippen LogP contribution in [0.3, 0.4) is 0 Å². The van der Waals surface area contributed by atoms with Crippen LogP contribution in [0.15, 0.2) is 29.8 Å². The van der Waals surface area contributed by atoms with Crippen LogP contribution >= 0.6 is 0 Å². The summed E-state index contributed by atoms with van der Waals surface area (Å²) in [6.45, 7) is 4.14. The molecule has 5 heteroatoms. The molecule has 20 heavy (non-hydrogen) atoms. The van der Waals surface area contributed by atoms with Crippen molar-refractivity contribution in [1.29, 1.82) is 5.26 Å². The van der Waals surface area contributed by atoms with Crippen LogP contribution in [0.1, 0.15) is 5.56 Å². The zero-order chi connectivity index (χ0) is 14.5. The van der Waals surface area contributed by atoms with Crippen molar-refractivity contribution in [3.8, 4) is 6.07 Å². The van der Waals surface area contributed by atoms with Crippen LogP contribution in [0.4, 0.5) is 5.69 Å². The number of primary amides is 1. The van der Waals surface area contributed by atoms with Crippen LogP contribution in [0.25, 0.3) is 6.08 Å². The zero-order valence-electron chi connectivity index (χ0n) is 11.5. The van der Waals surface area contributed by atoms with E-state index in [4.69, 9.17) is 11.0 Å². The minimum Gasteiger partial charge on any atom is -0.369 e. The van der Waals surface area contributed by atoms with E-state index in [2.05, 4.69) is 16.8 Å². The molecule has 0 spiro atoms. The van der Waals surface area contributed by atoms with E-state index in [0.717, 1.165) is 37.4 Å². The van der Waals surface area contributed by atoms with Crippen molar-refractivity contribution in [1.82, 2.24) is 4.90 Å². The summed E-state index contributed by atoms with van der Waals surface area (Å²) in [5, 5.41) is 8.81. The number of nitrogens with two attached hydrogens (primary N) is 1. The number of likely N-dealkylation sites (N-methyl/N-ethyl adjacent to an activating group) is 1. The molecule has 1 amide bonds. The highest BCUT2D eigenvalue weighted by Gasteiger charge is 2.13. The SMILES string of the molecule is CN1CCN(c2ccc(/C=C(\C#N)C(N)=O)cc2)CC1. The largest absolute Gasteiger partial charge is 0.369 e. The van der Waals surface area contributed by atoms with Gasteiger partial charge in [0.05, 0.1) is 0 Å². The Morgan fingerprint density at radius 3 is 2.35 bits per heavy atom. The Bertz CT molecular complexity index is 548. The lowest BCUT2D eigenvalue weighted by Gasteiger charge is -2.34. The van der Waals surface area contributed by atoms with E-state index >= 15 is 0 Å². The maximum absolute atomic E-state index is 11.0. The highest BCUT2D eigenvalue weighted by atomic mass is 16.1. The number of hydrogen-bond acceptors (Lipinski definition) is 4. The molecule has 0 saturated carbocycles. The van der Waals surface area contributed by atoms with Gasteiger partial charge in [0.15, 0.2) is 0 Å². The quantitative estimate of drug-likeness (QED) is 0.652. The predicted molar refractivity (Wildman–Crippen MR) is 78.9 cm³/mol. The molecule has 0 bridgehead atoms. The zero-order valence-corrected chi connectivity index (χ0v) is 11.5. The minimum absolute atomic E-state index is 0.0302. The Balaban J connectivity index is 2.11. The highest BCUT2D eigenvalue weighted by molar-refractivity contribution is 6.00. The second-order valence-electron chi connectivity index (χ2n) is 4.92. The third kappa shape index (κ3) is 3.37. The molecule has 1 aromatic rings. The number of carbonyl (C=O) groups is 1. The van der Waals surface area contributed by atoms with Gasteiger partial charge in [-0.2, -0.15) is 5.26 Å². The van der Waals surface area contributed by atoms with Gasteiger partial charge in [-0.1, -0.05) is 12.1 Å². The van der Waals surface area contributed by atoms with Crippen LogP contribution in [-0.4, -0.2) is 44.0 Å². The summed E-state index contributed by atoms with van der Waals surface area (Å²) in [5.41, 5.74) is 7.05. The molecule has 0 unspecified atom stereocenters. The van der Waals surface area contributed by atoms with E-state index in [1.807, 2.05) is 24.3 Å². The van der Waals surface area contributed by atoms with E-state index in [-0.39, 0.29) is 5.57 Å². The molecule has 2 rings (SSSR count). The number of nitrogens with zero attached hydrogens (tertiary/aromatic N) is 3. The molecule has 0 aromatic heterocycles. The molecule has 2 N–H and O–H groups in total. The summed E-state index contributed by atoms with van der Waals surface area (Å²) in [5.74, 6) is -0.698. The van der Waals surface area contributed by atoms with Crippen molar-refractivity contribution < 1.29 is 4.79 Å². The molecular weight excluding hydrogens is 252 g/mol. The van der Waals surface area contributed by atoms with Gasteiger partial charge in [0.25, 0.3) is 5.91 Å². The van der Waals surface area contributed by atoms with E-state index in [1.54, 1.807) is 6.07 Å². The average Bonchev–Trinajstić information content (AvgIpc) is 2.46. The summed E-state index contributed by atoms with van der Waals surface area (Å²) >= 11 is 0. The molecule has 1 fully saturated rings. The summed E-state index contributed by atoms with van der Waals surface area (Å²) < 4.78 is 0. The van der Waals surface area contributed by atoms with Gasteiger partial charge in [-0.25, -0.2) is 0 Å². The molecular formula is C15H18N4O. The van der Waals surface area contributed by atoms with Crippen molar-refractivity contribution in [2.45, 2.75) is 0 Å². The van der Waals surface area contributed by atoms with Crippen LogP contribution in [0.2, 0.25) is 0 Å². The summed E-state index contributed by atoms with van der Waals surface area (Å²) in [6.07, 6.45) is 1.51. The second-order valence-corrected chi connectivity index (χ2v) is 4.92. The van der Waals surface area contributed by atoms with Gasteiger partial charge < -0.3 is 15.5 Å². The van der Waals surface area contributed by atoms with Crippen molar-refractivity contribution >= 4 is 17.7 Å². The normalized spacial score (nSPS) is 16.8. The van der Waals surface area contributed by atoms with Crippen LogP contribution in [0, 0.1) is 11.3 Å². The van der Waals surface area contributed by atoms with Gasteiger partial charge in [-0.3, -0.25) is 4.79 Å². The number of carbonyl (C=O) groups excluding carboxylic acids is 1. The molecule has 1 aromatic carbocycles. The molecule has 104 valence electrons. The summed E-state index contributed by atoms with van der Waals surface area (Å²) in [7, 11) is 2.12. The van der Waals surface area contributed by atoms with Gasteiger partial charge >= 0.3 is 0 Å². The smallest absolute Gasteiger partial charge is 0.259 e. The van der Waals surface area contributed by atoms with Crippen LogP contribution < -0.4 is 10.6 Å². The Kier molecular flexibility index (Phi) is 4.38. The Hall–Kier alpha value is -2.32. The molecule has 1 aliphatic heterocycles. The number of anilines is 1. The van der Waals surface area contributed by atoms with Gasteiger partial charge in [0.1, 0.15) is 11.6 Å². The van der Waals surface area contributed by atoms with Crippen molar-refractivity contribution in [3.05, 3.63) is 35.4 Å². The van der Waals surface area contributed by atoms with Crippen molar-refractivity contribution in [3.63, 3.8) is 0 Å². The first-order valence-electron chi connectivity index (χ1n) is 6.55. The topological polar surface area (TPSA) is 73.4 Å². The fraction of sp³-hybridized carbons (Fsp3) is 0.333. The molecule has 0 aliphatic carbocycles. The lowest BCUT2D eigenvalue weighted by atomic mass is 10.1. The van der Waals surface area contributed by atoms with Gasteiger partial charge in [-0.05, 0) is 30.8 Å². The fourth-order valence-corrected chi connectivity index (χ4v) is 2.17.